The van der Waals surface area contributed by atoms with Crippen LogP contribution in [0.1, 0.15) is 18.5 Å². The van der Waals surface area contributed by atoms with Crippen LogP contribution in [0, 0.1) is 21.4 Å². The standard InChI is InChI=1S/C10H8ClN3O4/c1-2-18-10(15)7(4-12)9-8(11)3-6(5-13-9)14(16)17/h3,5,7H,2H2,1H3. The predicted octanol–water partition coefficient (Wildman–Crippen LogP) is 1.81. The molecule has 0 saturated heterocycles. The lowest BCUT2D eigenvalue weighted by molar-refractivity contribution is -0.385. The van der Waals surface area contributed by atoms with Crippen molar-refractivity contribution in [2.75, 3.05) is 6.61 Å². The molecule has 0 aliphatic rings. The molecular formula is C10H8ClN3O4. The van der Waals surface area contributed by atoms with Gasteiger partial charge in [0, 0.05) is 6.07 Å². The van der Waals surface area contributed by atoms with Crippen molar-refractivity contribution in [2.24, 2.45) is 0 Å². The molecule has 0 bridgehead atoms. The number of rotatable bonds is 4. The predicted molar refractivity (Wildman–Crippen MR) is 60.9 cm³/mol. The minimum atomic E-state index is -1.29. The third-order valence-electron chi connectivity index (χ3n) is 1.99. The highest BCUT2D eigenvalue weighted by Gasteiger charge is 2.26. The molecule has 0 amide bonds. The summed E-state index contributed by atoms with van der Waals surface area (Å²) in [5.74, 6) is -2.08. The van der Waals surface area contributed by atoms with E-state index in [2.05, 4.69) is 9.72 Å². The van der Waals surface area contributed by atoms with Gasteiger partial charge in [0.25, 0.3) is 5.69 Å². The van der Waals surface area contributed by atoms with E-state index in [4.69, 9.17) is 16.9 Å². The van der Waals surface area contributed by atoms with E-state index in [1.54, 1.807) is 13.0 Å². The van der Waals surface area contributed by atoms with Crippen molar-refractivity contribution < 1.29 is 14.5 Å². The number of pyridine rings is 1. The Morgan fingerprint density at radius 2 is 2.44 bits per heavy atom. The van der Waals surface area contributed by atoms with Crippen LogP contribution in [0.4, 0.5) is 5.69 Å². The maximum Gasteiger partial charge on any atom is 0.329 e. The Kier molecular flexibility index (Phi) is 4.57. The van der Waals surface area contributed by atoms with Gasteiger partial charge in [0.05, 0.1) is 28.3 Å². The smallest absolute Gasteiger partial charge is 0.329 e. The van der Waals surface area contributed by atoms with E-state index in [0.717, 1.165) is 12.3 Å². The normalized spacial score (nSPS) is 11.4. The number of carbonyl (C=O) groups is 1. The number of nitro groups is 1. The lowest BCUT2D eigenvalue weighted by Crippen LogP contribution is -2.16. The van der Waals surface area contributed by atoms with Gasteiger partial charge < -0.3 is 4.74 Å². The minimum absolute atomic E-state index is 0.0526. The van der Waals surface area contributed by atoms with Crippen LogP contribution in [-0.4, -0.2) is 22.5 Å². The van der Waals surface area contributed by atoms with Gasteiger partial charge in [0.2, 0.25) is 0 Å². The minimum Gasteiger partial charge on any atom is -0.465 e. The lowest BCUT2D eigenvalue weighted by atomic mass is 10.1. The van der Waals surface area contributed by atoms with Crippen LogP contribution in [0.2, 0.25) is 5.02 Å². The first-order chi connectivity index (χ1) is 8.51. The largest absolute Gasteiger partial charge is 0.465 e. The highest BCUT2D eigenvalue weighted by molar-refractivity contribution is 6.31. The van der Waals surface area contributed by atoms with Crippen LogP contribution in [-0.2, 0) is 9.53 Å². The molecule has 0 radical (unpaired) electrons. The van der Waals surface area contributed by atoms with Crippen molar-refractivity contribution >= 4 is 23.3 Å². The topological polar surface area (TPSA) is 106 Å². The maximum absolute atomic E-state index is 11.5. The molecular weight excluding hydrogens is 262 g/mol. The molecule has 1 atom stereocenters. The molecule has 0 saturated carbocycles. The van der Waals surface area contributed by atoms with Gasteiger partial charge in [0.1, 0.15) is 6.20 Å². The molecule has 7 nitrogen and oxygen atoms in total. The summed E-state index contributed by atoms with van der Waals surface area (Å²) in [4.78, 5) is 25.0. The Labute approximate surface area is 107 Å². The molecule has 1 aromatic rings. The zero-order valence-electron chi connectivity index (χ0n) is 9.29. The number of nitriles is 1. The highest BCUT2D eigenvalue weighted by Crippen LogP contribution is 2.26. The maximum atomic E-state index is 11.5. The van der Waals surface area contributed by atoms with Gasteiger partial charge in [-0.3, -0.25) is 19.9 Å². The molecule has 1 unspecified atom stereocenters. The second-order valence-electron chi connectivity index (χ2n) is 3.13. The first kappa shape index (κ1) is 13.9. The van der Waals surface area contributed by atoms with Crippen molar-refractivity contribution in [3.8, 4) is 6.07 Å². The summed E-state index contributed by atoms with van der Waals surface area (Å²) in [6.07, 6.45) is 0.935. The zero-order valence-corrected chi connectivity index (χ0v) is 10.0. The molecule has 0 spiro atoms. The van der Waals surface area contributed by atoms with E-state index in [1.807, 2.05) is 0 Å². The number of esters is 1. The van der Waals surface area contributed by atoms with Crippen molar-refractivity contribution in [3.05, 3.63) is 33.1 Å². The van der Waals surface area contributed by atoms with Gasteiger partial charge in [0.15, 0.2) is 5.92 Å². The number of hydrogen-bond donors (Lipinski definition) is 0. The monoisotopic (exact) mass is 269 g/mol. The van der Waals surface area contributed by atoms with E-state index >= 15 is 0 Å². The van der Waals surface area contributed by atoms with Gasteiger partial charge in [-0.05, 0) is 6.92 Å². The third-order valence-corrected chi connectivity index (χ3v) is 2.29. The fraction of sp³-hybridized carbons (Fsp3) is 0.300. The molecule has 1 heterocycles. The average molecular weight is 270 g/mol. The molecule has 0 aliphatic carbocycles. The van der Waals surface area contributed by atoms with Crippen LogP contribution >= 0.6 is 11.6 Å². The fourth-order valence-electron chi connectivity index (χ4n) is 1.20. The van der Waals surface area contributed by atoms with Crippen LogP contribution in [0.25, 0.3) is 0 Å². The number of ether oxygens (including phenoxy) is 1. The summed E-state index contributed by atoms with van der Waals surface area (Å²) in [5.41, 5.74) is -0.368. The van der Waals surface area contributed by atoms with E-state index in [-0.39, 0.29) is 23.0 Å². The zero-order chi connectivity index (χ0) is 13.7. The Bertz CT molecular complexity index is 526. The Morgan fingerprint density at radius 3 is 2.89 bits per heavy atom. The first-order valence-electron chi connectivity index (χ1n) is 4.87. The molecule has 18 heavy (non-hydrogen) atoms. The number of nitrogens with zero attached hydrogens (tertiary/aromatic N) is 3. The van der Waals surface area contributed by atoms with E-state index in [0.29, 0.717) is 0 Å². The Balaban J connectivity index is 3.12. The van der Waals surface area contributed by atoms with Crippen molar-refractivity contribution in [3.63, 3.8) is 0 Å². The molecule has 0 aromatic carbocycles. The quantitative estimate of drug-likeness (QED) is 0.469. The van der Waals surface area contributed by atoms with Gasteiger partial charge in [-0.15, -0.1) is 0 Å². The number of carbonyl (C=O) groups excluding carboxylic acids is 1. The molecule has 8 heteroatoms. The first-order valence-corrected chi connectivity index (χ1v) is 5.25. The number of hydrogen-bond acceptors (Lipinski definition) is 6. The number of halogens is 1. The summed E-state index contributed by atoms with van der Waals surface area (Å²) in [6.45, 7) is 1.71. The summed E-state index contributed by atoms with van der Waals surface area (Å²) < 4.78 is 4.69. The third kappa shape index (κ3) is 2.93. The summed E-state index contributed by atoms with van der Waals surface area (Å²) in [6, 6.07) is 2.74. The molecule has 0 N–H and O–H groups in total. The van der Waals surface area contributed by atoms with Crippen LogP contribution in [0.3, 0.4) is 0 Å². The van der Waals surface area contributed by atoms with Crippen LogP contribution in [0.5, 0.6) is 0 Å². The SMILES string of the molecule is CCOC(=O)C(C#N)c1ncc([N+](=O)[O-])cc1Cl. The molecule has 1 aromatic heterocycles. The van der Waals surface area contributed by atoms with Crippen molar-refractivity contribution in [1.82, 2.24) is 4.98 Å². The van der Waals surface area contributed by atoms with Crippen LogP contribution in [0.15, 0.2) is 12.3 Å². The Morgan fingerprint density at radius 1 is 1.78 bits per heavy atom. The molecule has 0 aliphatic heterocycles. The van der Waals surface area contributed by atoms with E-state index in [1.165, 1.54) is 0 Å². The van der Waals surface area contributed by atoms with Crippen LogP contribution < -0.4 is 0 Å². The fourth-order valence-corrected chi connectivity index (χ4v) is 1.47. The van der Waals surface area contributed by atoms with E-state index in [9.17, 15) is 14.9 Å². The summed E-state index contributed by atoms with van der Waals surface area (Å²) in [5, 5.41) is 19.3. The molecule has 94 valence electrons. The van der Waals surface area contributed by atoms with Gasteiger partial charge in [-0.2, -0.15) is 5.26 Å². The number of aromatic nitrogens is 1. The molecule has 1 rings (SSSR count). The Hall–Kier alpha value is -2.20. The average Bonchev–Trinajstić information content (AvgIpc) is 2.32. The summed E-state index contributed by atoms with van der Waals surface area (Å²) >= 11 is 5.77. The molecule has 0 fully saturated rings. The van der Waals surface area contributed by atoms with Gasteiger partial charge >= 0.3 is 5.97 Å². The van der Waals surface area contributed by atoms with Gasteiger partial charge in [-0.1, -0.05) is 11.6 Å². The second-order valence-corrected chi connectivity index (χ2v) is 3.54. The second kappa shape index (κ2) is 5.93. The van der Waals surface area contributed by atoms with Crippen molar-refractivity contribution in [1.29, 1.82) is 5.26 Å². The van der Waals surface area contributed by atoms with Crippen molar-refractivity contribution in [2.45, 2.75) is 12.8 Å². The highest BCUT2D eigenvalue weighted by atomic mass is 35.5. The lowest BCUT2D eigenvalue weighted by Gasteiger charge is -2.08. The van der Waals surface area contributed by atoms with E-state index < -0.39 is 16.8 Å². The summed E-state index contributed by atoms with van der Waals surface area (Å²) in [7, 11) is 0. The van der Waals surface area contributed by atoms with Gasteiger partial charge in [-0.25, -0.2) is 0 Å².